The average Bonchev–Trinajstić information content (AvgIpc) is 3.18. The molecule has 0 radical (unpaired) electrons. The van der Waals surface area contributed by atoms with Crippen molar-refractivity contribution in [2.45, 2.75) is 6.04 Å². The molecule has 0 fully saturated rings. The first kappa shape index (κ1) is 21.9. The Morgan fingerprint density at radius 3 is 2.03 bits per heavy atom. The van der Waals surface area contributed by atoms with Gasteiger partial charge in [-0.1, -0.05) is 35.3 Å². The molecule has 0 spiro atoms. The summed E-state index contributed by atoms with van der Waals surface area (Å²) in [5.74, 6) is -3.65. The predicted octanol–water partition coefficient (Wildman–Crippen LogP) is 3.78. The van der Waals surface area contributed by atoms with Gasteiger partial charge in [0, 0.05) is 23.5 Å². The Balaban J connectivity index is 0.000000438. The van der Waals surface area contributed by atoms with Crippen molar-refractivity contribution >= 4 is 40.8 Å². The fourth-order valence-corrected chi connectivity index (χ4v) is 2.84. The van der Waals surface area contributed by atoms with Crippen LogP contribution in [-0.4, -0.2) is 41.8 Å². The number of hydrogen-bond donors (Lipinski definition) is 3. The Bertz CT molecular complexity index is 1010. The summed E-state index contributed by atoms with van der Waals surface area (Å²) in [5, 5.41) is 24.6. The maximum Gasteiger partial charge on any atom is 0.414 e. The number of rotatable bonds is 4. The molecule has 29 heavy (non-hydrogen) atoms. The van der Waals surface area contributed by atoms with E-state index in [4.69, 9.17) is 48.2 Å². The molecule has 2 aromatic carbocycles. The van der Waals surface area contributed by atoms with Crippen LogP contribution in [0.2, 0.25) is 10.0 Å². The van der Waals surface area contributed by atoms with E-state index in [1.54, 1.807) is 24.7 Å². The summed E-state index contributed by atoms with van der Waals surface area (Å²) < 4.78 is 1.92. The van der Waals surface area contributed by atoms with Gasteiger partial charge < -0.3 is 14.8 Å². The number of carboxylic acids is 2. The zero-order chi connectivity index (χ0) is 21.6. The Hall–Kier alpha value is -3.43. The number of carbonyl (C=O) groups is 2. The molecule has 0 amide bonds. The van der Waals surface area contributed by atoms with Gasteiger partial charge in [0.2, 0.25) is 0 Å². The number of benzene rings is 2. The van der Waals surface area contributed by atoms with Gasteiger partial charge in [0.15, 0.2) is 0 Å². The van der Waals surface area contributed by atoms with Gasteiger partial charge in [-0.3, -0.25) is 0 Å². The summed E-state index contributed by atoms with van der Waals surface area (Å²) in [6.07, 6.45) is 5.23. The summed E-state index contributed by atoms with van der Waals surface area (Å²) in [4.78, 5) is 33.1. The molecule has 1 atom stereocenters. The van der Waals surface area contributed by atoms with Gasteiger partial charge in [-0.25, -0.2) is 19.8 Å². The first-order valence-electron chi connectivity index (χ1n) is 7.85. The first-order chi connectivity index (χ1) is 13.7. The zero-order valence-corrected chi connectivity index (χ0v) is 16.0. The van der Waals surface area contributed by atoms with Gasteiger partial charge in [0.1, 0.15) is 5.02 Å². The molecule has 1 aromatic heterocycles. The van der Waals surface area contributed by atoms with Crippen LogP contribution in [0.15, 0.2) is 61.2 Å². The molecule has 3 rings (SSSR count). The van der Waals surface area contributed by atoms with E-state index >= 15 is 0 Å². The standard InChI is InChI=1S/C16H12Cl2N3O2.C2H2O4/c17-13-4-1-11(2-5-13)16(20-8-7-19-10-20)12-3-6-15(21(22)23)14(18)9-12;3-1(4)2(5)6/h1-10,16H,(H,22,23);(H,3,4)(H,5,6)/q+1;. The maximum atomic E-state index is 11.0. The minimum Gasteiger partial charge on any atom is -0.473 e. The molecule has 3 N–H and O–H groups in total. The Labute approximate surface area is 173 Å². The highest BCUT2D eigenvalue weighted by molar-refractivity contribution is 6.32. The van der Waals surface area contributed by atoms with Crippen molar-refractivity contribution in [3.63, 3.8) is 0 Å². The second kappa shape index (κ2) is 9.67. The molecule has 150 valence electrons. The summed E-state index contributed by atoms with van der Waals surface area (Å²) in [6, 6.07) is 12.1. The molecule has 9 nitrogen and oxygen atoms in total. The highest BCUT2D eigenvalue weighted by Gasteiger charge is 2.22. The SMILES string of the molecule is O=C(O)C(=O)O.O=[N+](O)c1ccc(C(c2ccc(Cl)cc2)n2ccnc2)cc1Cl. The fraction of sp³-hybridized carbons (Fsp3) is 0.0556. The lowest BCUT2D eigenvalue weighted by atomic mass is 9.98. The quantitative estimate of drug-likeness (QED) is 0.416. The summed E-state index contributed by atoms with van der Waals surface area (Å²) in [6.45, 7) is 0. The normalized spacial score (nSPS) is 11.1. The van der Waals surface area contributed by atoms with E-state index in [1.807, 2.05) is 35.0 Å². The molecular formula is C18H14Cl2N3O6+. The third-order valence-electron chi connectivity index (χ3n) is 3.69. The van der Waals surface area contributed by atoms with E-state index in [9.17, 15) is 4.91 Å². The van der Waals surface area contributed by atoms with Crippen LogP contribution in [0, 0.1) is 4.91 Å². The van der Waals surface area contributed by atoms with E-state index in [1.165, 1.54) is 6.07 Å². The van der Waals surface area contributed by atoms with E-state index in [0.29, 0.717) is 5.02 Å². The second-order valence-corrected chi connectivity index (χ2v) is 6.40. The number of aromatic nitrogens is 2. The molecule has 0 aliphatic carbocycles. The maximum absolute atomic E-state index is 11.0. The molecule has 0 aliphatic rings. The largest absolute Gasteiger partial charge is 0.473 e. The first-order valence-corrected chi connectivity index (χ1v) is 8.61. The van der Waals surface area contributed by atoms with Gasteiger partial charge in [-0.15, -0.1) is 0 Å². The minimum atomic E-state index is -1.82. The van der Waals surface area contributed by atoms with Gasteiger partial charge >= 0.3 is 17.6 Å². The molecule has 0 saturated heterocycles. The van der Waals surface area contributed by atoms with Gasteiger partial charge in [0.05, 0.1) is 17.3 Å². The highest BCUT2D eigenvalue weighted by atomic mass is 35.5. The minimum absolute atomic E-state index is 0.00379. The second-order valence-electron chi connectivity index (χ2n) is 5.56. The third kappa shape index (κ3) is 5.77. The van der Waals surface area contributed by atoms with E-state index in [2.05, 4.69) is 4.98 Å². The highest BCUT2D eigenvalue weighted by Crippen LogP contribution is 2.32. The molecule has 0 saturated carbocycles. The van der Waals surface area contributed by atoms with Gasteiger partial charge in [-0.05, 0) is 35.4 Å². The van der Waals surface area contributed by atoms with Crippen molar-refractivity contribution in [1.29, 1.82) is 0 Å². The Kier molecular flexibility index (Phi) is 7.29. The van der Waals surface area contributed by atoms with E-state index in [-0.39, 0.29) is 21.7 Å². The molecule has 11 heteroatoms. The molecule has 3 aromatic rings. The molecule has 1 unspecified atom stereocenters. The van der Waals surface area contributed by atoms with Crippen LogP contribution >= 0.6 is 23.2 Å². The van der Waals surface area contributed by atoms with E-state index < -0.39 is 11.9 Å². The Morgan fingerprint density at radius 2 is 1.59 bits per heavy atom. The van der Waals surface area contributed by atoms with Gasteiger partial charge in [-0.2, -0.15) is 0 Å². The van der Waals surface area contributed by atoms with Crippen molar-refractivity contribution in [1.82, 2.24) is 9.55 Å². The number of aliphatic carboxylic acids is 2. The van der Waals surface area contributed by atoms with Crippen LogP contribution < -0.4 is 0 Å². The summed E-state index contributed by atoms with van der Waals surface area (Å²) in [5.41, 5.74) is 1.83. The van der Waals surface area contributed by atoms with Crippen molar-refractivity contribution in [3.8, 4) is 0 Å². The van der Waals surface area contributed by atoms with Crippen molar-refractivity contribution < 1.29 is 29.9 Å². The summed E-state index contributed by atoms with van der Waals surface area (Å²) >= 11 is 12.1. The van der Waals surface area contributed by atoms with Crippen LogP contribution in [0.1, 0.15) is 17.2 Å². The number of nitrogens with zero attached hydrogens (tertiary/aromatic N) is 3. The van der Waals surface area contributed by atoms with Crippen LogP contribution in [0.3, 0.4) is 0 Å². The number of halogens is 2. The lowest BCUT2D eigenvalue weighted by Gasteiger charge is -2.19. The number of hydrogen-bond acceptors (Lipinski definition) is 4. The lowest BCUT2D eigenvalue weighted by Crippen LogP contribution is -2.11. The van der Waals surface area contributed by atoms with Crippen molar-refractivity contribution in [2.24, 2.45) is 0 Å². The third-order valence-corrected chi connectivity index (χ3v) is 4.24. The van der Waals surface area contributed by atoms with Crippen LogP contribution in [0.4, 0.5) is 5.69 Å². The number of imidazole rings is 1. The predicted molar refractivity (Wildman–Crippen MR) is 103 cm³/mol. The molecule has 0 aliphatic heterocycles. The van der Waals surface area contributed by atoms with Crippen molar-refractivity contribution in [2.75, 3.05) is 0 Å². The Morgan fingerprint density at radius 1 is 1.00 bits per heavy atom. The molecule has 1 heterocycles. The van der Waals surface area contributed by atoms with Crippen LogP contribution in [0.5, 0.6) is 0 Å². The van der Waals surface area contributed by atoms with Crippen LogP contribution in [-0.2, 0) is 9.59 Å². The van der Waals surface area contributed by atoms with Crippen LogP contribution in [0.25, 0.3) is 0 Å². The number of carboxylic acid groups (broad SMARTS) is 2. The smallest absolute Gasteiger partial charge is 0.414 e. The van der Waals surface area contributed by atoms with Gasteiger partial charge in [0.25, 0.3) is 4.92 Å². The lowest BCUT2D eigenvalue weighted by molar-refractivity contribution is -0.729. The average molecular weight is 439 g/mol. The topological polar surface area (TPSA) is 133 Å². The summed E-state index contributed by atoms with van der Waals surface area (Å²) in [7, 11) is 0. The molecule has 0 bridgehead atoms. The van der Waals surface area contributed by atoms with E-state index in [0.717, 1.165) is 11.1 Å². The zero-order valence-electron chi connectivity index (χ0n) is 14.5. The monoisotopic (exact) mass is 438 g/mol. The molecular weight excluding hydrogens is 425 g/mol. The fourth-order valence-electron chi connectivity index (χ4n) is 2.45. The van der Waals surface area contributed by atoms with Crippen molar-refractivity contribution in [3.05, 3.63) is 87.3 Å².